The molecule has 2 aromatic rings. The maximum Gasteiger partial charge on any atom is 0.344 e. The summed E-state index contributed by atoms with van der Waals surface area (Å²) in [6, 6.07) is 10.5. The third-order valence-corrected chi connectivity index (χ3v) is 3.97. The van der Waals surface area contributed by atoms with Gasteiger partial charge in [-0.2, -0.15) is 0 Å². The lowest BCUT2D eigenvalue weighted by Crippen LogP contribution is -2.32. The molecule has 28 heavy (non-hydrogen) atoms. The third kappa shape index (κ3) is 5.77. The van der Waals surface area contributed by atoms with Crippen molar-refractivity contribution in [3.8, 4) is 5.75 Å². The predicted octanol–water partition coefficient (Wildman–Crippen LogP) is 4.21. The summed E-state index contributed by atoms with van der Waals surface area (Å²) in [5.41, 5.74) is 0.525. The van der Waals surface area contributed by atoms with Crippen molar-refractivity contribution in [2.24, 2.45) is 0 Å². The van der Waals surface area contributed by atoms with E-state index in [0.717, 1.165) is 17.7 Å². The molecular weight excluding hydrogens is 368 g/mol. The van der Waals surface area contributed by atoms with Gasteiger partial charge in [0.05, 0.1) is 0 Å². The fourth-order valence-corrected chi connectivity index (χ4v) is 2.32. The monoisotopic (exact) mass is 391 g/mol. The van der Waals surface area contributed by atoms with Crippen LogP contribution in [0.15, 0.2) is 42.5 Å². The Morgan fingerprint density at radius 1 is 1.04 bits per heavy atom. The standard InChI is InChI=1S/C21H23F2NO4/c1-13(20(26)24-19-16(22)6-5-7-17(19)23)28-18(25)12-27-15-10-8-14(9-11-15)21(2,3)4/h5-11,13H,12H2,1-4H3,(H,24,26). The molecule has 1 amide bonds. The number of para-hydroxylation sites is 1. The fraction of sp³-hybridized carbons (Fsp3) is 0.333. The lowest BCUT2D eigenvalue weighted by molar-refractivity contribution is -0.155. The first kappa shape index (κ1) is 21.3. The second kappa shape index (κ2) is 8.82. The van der Waals surface area contributed by atoms with Crippen LogP contribution in [0.2, 0.25) is 0 Å². The first-order chi connectivity index (χ1) is 13.1. The first-order valence-electron chi connectivity index (χ1n) is 8.75. The smallest absolute Gasteiger partial charge is 0.344 e. The van der Waals surface area contributed by atoms with E-state index in [2.05, 4.69) is 26.1 Å². The summed E-state index contributed by atoms with van der Waals surface area (Å²) in [5, 5.41) is 2.07. The second-order valence-corrected chi connectivity index (χ2v) is 7.28. The van der Waals surface area contributed by atoms with Gasteiger partial charge < -0.3 is 14.8 Å². The van der Waals surface area contributed by atoms with Crippen LogP contribution in [0.3, 0.4) is 0 Å². The number of esters is 1. The van der Waals surface area contributed by atoms with Gasteiger partial charge in [0.1, 0.15) is 23.1 Å². The summed E-state index contributed by atoms with van der Waals surface area (Å²) in [5.74, 6) is -3.00. The Balaban J connectivity index is 1.86. The van der Waals surface area contributed by atoms with Gasteiger partial charge in [-0.1, -0.05) is 39.0 Å². The van der Waals surface area contributed by atoms with Gasteiger partial charge in [-0.15, -0.1) is 0 Å². The molecule has 5 nitrogen and oxygen atoms in total. The molecule has 0 saturated heterocycles. The summed E-state index contributed by atoms with van der Waals surface area (Å²) in [6.07, 6.45) is -1.25. The van der Waals surface area contributed by atoms with Crippen molar-refractivity contribution in [2.75, 3.05) is 11.9 Å². The lowest BCUT2D eigenvalue weighted by atomic mass is 9.87. The van der Waals surface area contributed by atoms with Crippen molar-refractivity contribution < 1.29 is 27.8 Å². The predicted molar refractivity (Wildman–Crippen MR) is 101 cm³/mol. The van der Waals surface area contributed by atoms with Crippen LogP contribution in [-0.2, 0) is 19.7 Å². The van der Waals surface area contributed by atoms with Crippen LogP contribution in [-0.4, -0.2) is 24.6 Å². The molecule has 1 N–H and O–H groups in total. The number of rotatable bonds is 6. The fourth-order valence-electron chi connectivity index (χ4n) is 2.32. The molecule has 2 rings (SSSR count). The average molecular weight is 391 g/mol. The Kier molecular flexibility index (Phi) is 6.72. The minimum atomic E-state index is -1.25. The molecule has 0 aliphatic rings. The summed E-state index contributed by atoms with van der Waals surface area (Å²) >= 11 is 0. The highest BCUT2D eigenvalue weighted by atomic mass is 19.1. The highest BCUT2D eigenvalue weighted by molar-refractivity contribution is 5.95. The number of hydrogen-bond donors (Lipinski definition) is 1. The van der Waals surface area contributed by atoms with E-state index in [1.807, 2.05) is 12.1 Å². The molecule has 150 valence electrons. The number of carbonyl (C=O) groups excluding carboxylic acids is 2. The molecule has 0 bridgehead atoms. The topological polar surface area (TPSA) is 64.6 Å². The molecule has 0 aliphatic heterocycles. The van der Waals surface area contributed by atoms with Crippen LogP contribution in [0, 0.1) is 11.6 Å². The van der Waals surface area contributed by atoms with E-state index in [1.165, 1.54) is 13.0 Å². The number of ether oxygens (including phenoxy) is 2. The van der Waals surface area contributed by atoms with E-state index in [1.54, 1.807) is 12.1 Å². The number of halogens is 2. The molecule has 1 unspecified atom stereocenters. The highest BCUT2D eigenvalue weighted by Crippen LogP contribution is 2.24. The van der Waals surface area contributed by atoms with E-state index < -0.39 is 41.9 Å². The number of benzene rings is 2. The molecule has 0 saturated carbocycles. The van der Waals surface area contributed by atoms with Gasteiger partial charge in [0.25, 0.3) is 5.91 Å². The van der Waals surface area contributed by atoms with Crippen molar-refractivity contribution in [3.05, 3.63) is 59.7 Å². The zero-order valence-electron chi connectivity index (χ0n) is 16.2. The molecule has 0 aliphatic carbocycles. The Morgan fingerprint density at radius 2 is 1.61 bits per heavy atom. The molecule has 7 heteroatoms. The van der Waals surface area contributed by atoms with Crippen molar-refractivity contribution >= 4 is 17.6 Å². The Morgan fingerprint density at radius 3 is 2.14 bits per heavy atom. The Labute approximate surface area is 162 Å². The van der Waals surface area contributed by atoms with E-state index in [-0.39, 0.29) is 5.41 Å². The summed E-state index contributed by atoms with van der Waals surface area (Å²) in [4.78, 5) is 23.9. The number of nitrogens with one attached hydrogen (secondary N) is 1. The van der Waals surface area contributed by atoms with Crippen LogP contribution in [0.5, 0.6) is 5.75 Å². The zero-order valence-corrected chi connectivity index (χ0v) is 16.2. The largest absolute Gasteiger partial charge is 0.482 e. The van der Waals surface area contributed by atoms with Gasteiger partial charge in [0.2, 0.25) is 0 Å². The number of anilines is 1. The van der Waals surface area contributed by atoms with Crippen LogP contribution >= 0.6 is 0 Å². The normalized spacial score (nSPS) is 12.2. The summed E-state index contributed by atoms with van der Waals surface area (Å²) < 4.78 is 37.4. The van der Waals surface area contributed by atoms with Crippen molar-refractivity contribution in [3.63, 3.8) is 0 Å². The Hall–Kier alpha value is -2.96. The van der Waals surface area contributed by atoms with Crippen molar-refractivity contribution in [1.82, 2.24) is 0 Å². The van der Waals surface area contributed by atoms with Gasteiger partial charge in [-0.3, -0.25) is 4.79 Å². The molecular formula is C21H23F2NO4. The number of amides is 1. The molecule has 0 radical (unpaired) electrons. The van der Waals surface area contributed by atoms with E-state index >= 15 is 0 Å². The summed E-state index contributed by atoms with van der Waals surface area (Å²) in [7, 11) is 0. The van der Waals surface area contributed by atoms with Crippen LogP contribution < -0.4 is 10.1 Å². The van der Waals surface area contributed by atoms with Crippen LogP contribution in [0.4, 0.5) is 14.5 Å². The van der Waals surface area contributed by atoms with Crippen molar-refractivity contribution in [1.29, 1.82) is 0 Å². The number of hydrogen-bond acceptors (Lipinski definition) is 4. The molecule has 0 spiro atoms. The SMILES string of the molecule is CC(OC(=O)COc1ccc(C(C)(C)C)cc1)C(=O)Nc1c(F)cccc1F. The maximum absolute atomic E-state index is 13.6. The second-order valence-electron chi connectivity index (χ2n) is 7.28. The van der Waals surface area contributed by atoms with Crippen LogP contribution in [0.1, 0.15) is 33.3 Å². The minimum Gasteiger partial charge on any atom is -0.482 e. The van der Waals surface area contributed by atoms with Gasteiger partial charge in [-0.25, -0.2) is 13.6 Å². The first-order valence-corrected chi connectivity index (χ1v) is 8.75. The molecule has 2 aromatic carbocycles. The molecule has 0 aromatic heterocycles. The molecule has 1 atom stereocenters. The minimum absolute atomic E-state index is 0.00203. The Bertz CT molecular complexity index is 824. The maximum atomic E-state index is 13.6. The van der Waals surface area contributed by atoms with Gasteiger partial charge >= 0.3 is 5.97 Å². The number of carbonyl (C=O) groups is 2. The van der Waals surface area contributed by atoms with Gasteiger partial charge in [-0.05, 0) is 42.2 Å². The lowest BCUT2D eigenvalue weighted by Gasteiger charge is -2.19. The van der Waals surface area contributed by atoms with E-state index in [4.69, 9.17) is 9.47 Å². The highest BCUT2D eigenvalue weighted by Gasteiger charge is 2.21. The zero-order chi connectivity index (χ0) is 20.9. The summed E-state index contributed by atoms with van der Waals surface area (Å²) in [6.45, 7) is 7.14. The van der Waals surface area contributed by atoms with E-state index in [9.17, 15) is 18.4 Å². The third-order valence-electron chi connectivity index (χ3n) is 3.97. The molecule has 0 fully saturated rings. The molecule has 0 heterocycles. The van der Waals surface area contributed by atoms with Crippen LogP contribution in [0.25, 0.3) is 0 Å². The van der Waals surface area contributed by atoms with Gasteiger partial charge in [0.15, 0.2) is 12.7 Å². The average Bonchev–Trinajstić information content (AvgIpc) is 2.62. The van der Waals surface area contributed by atoms with Crippen molar-refractivity contribution in [2.45, 2.75) is 39.2 Å². The van der Waals surface area contributed by atoms with Gasteiger partial charge in [0, 0.05) is 0 Å². The quantitative estimate of drug-likeness (QED) is 0.749. The van der Waals surface area contributed by atoms with E-state index in [0.29, 0.717) is 5.75 Å².